The van der Waals surface area contributed by atoms with Crippen LogP contribution in [0.5, 0.6) is 0 Å². The molecule has 2 N–H and O–H groups in total. The van der Waals surface area contributed by atoms with Crippen LogP contribution in [0.25, 0.3) is 17.0 Å². The summed E-state index contributed by atoms with van der Waals surface area (Å²) >= 11 is 0. The van der Waals surface area contributed by atoms with Gasteiger partial charge in [-0.3, -0.25) is 9.59 Å². The molecule has 0 radical (unpaired) electrons. The highest BCUT2D eigenvalue weighted by Crippen LogP contribution is 2.28. The van der Waals surface area contributed by atoms with Gasteiger partial charge in [0.1, 0.15) is 6.54 Å². The van der Waals surface area contributed by atoms with Crippen molar-refractivity contribution in [3.63, 3.8) is 0 Å². The average molecular weight is 403 g/mol. The molecular formula is C22H17N3O5. The first-order valence-corrected chi connectivity index (χ1v) is 9.10. The summed E-state index contributed by atoms with van der Waals surface area (Å²) in [5.74, 6) is -2.44. The van der Waals surface area contributed by atoms with E-state index in [1.807, 2.05) is 24.3 Å². The topological polar surface area (TPSA) is 112 Å². The minimum atomic E-state index is -1.09. The zero-order valence-electron chi connectivity index (χ0n) is 15.9. The fourth-order valence-electron chi connectivity index (χ4n) is 3.45. The SMILES string of the molecule is CC1=NN(c2cccc(C(=O)O)c2)C(=O)/C1=C/c1cn(CC(=O)O)c2ccccc12. The van der Waals surface area contributed by atoms with Crippen LogP contribution in [0.2, 0.25) is 0 Å². The number of nitrogens with zero attached hydrogens (tertiary/aromatic N) is 3. The van der Waals surface area contributed by atoms with Crippen molar-refractivity contribution in [2.75, 3.05) is 5.01 Å². The Morgan fingerprint density at radius 3 is 2.60 bits per heavy atom. The van der Waals surface area contributed by atoms with Gasteiger partial charge in [-0.1, -0.05) is 24.3 Å². The highest BCUT2D eigenvalue weighted by Gasteiger charge is 2.29. The first-order valence-electron chi connectivity index (χ1n) is 9.10. The Bertz CT molecular complexity index is 1270. The number of hydrogen-bond donors (Lipinski definition) is 2. The van der Waals surface area contributed by atoms with Gasteiger partial charge in [0.15, 0.2) is 0 Å². The van der Waals surface area contributed by atoms with E-state index in [0.29, 0.717) is 22.5 Å². The summed E-state index contributed by atoms with van der Waals surface area (Å²) in [4.78, 5) is 35.4. The number of carbonyl (C=O) groups excluding carboxylic acids is 1. The van der Waals surface area contributed by atoms with Gasteiger partial charge in [0, 0.05) is 22.7 Å². The number of carboxylic acid groups (broad SMARTS) is 2. The molecule has 8 heteroatoms. The van der Waals surface area contributed by atoms with Crippen LogP contribution in [0.1, 0.15) is 22.8 Å². The highest BCUT2D eigenvalue weighted by molar-refractivity contribution is 6.32. The van der Waals surface area contributed by atoms with Gasteiger partial charge < -0.3 is 14.8 Å². The third-order valence-corrected chi connectivity index (χ3v) is 4.83. The standard InChI is InChI=1S/C22H17N3O5/c1-13-18(21(28)25(23-13)16-6-4-5-14(9-16)22(29)30)10-15-11-24(12-20(26)27)19-8-3-2-7-17(15)19/h2-11H,12H2,1H3,(H,26,27)(H,29,30)/b18-10+. The second-order valence-electron chi connectivity index (χ2n) is 6.84. The zero-order valence-corrected chi connectivity index (χ0v) is 15.9. The van der Waals surface area contributed by atoms with E-state index in [0.717, 1.165) is 10.9 Å². The summed E-state index contributed by atoms with van der Waals surface area (Å²) in [5.41, 5.74) is 2.70. The third kappa shape index (κ3) is 3.35. The molecule has 30 heavy (non-hydrogen) atoms. The molecule has 8 nitrogen and oxygen atoms in total. The van der Waals surface area contributed by atoms with E-state index >= 15 is 0 Å². The normalized spacial score (nSPS) is 15.1. The average Bonchev–Trinajstić information content (AvgIpc) is 3.20. The number of amides is 1. The maximum Gasteiger partial charge on any atom is 0.335 e. The number of carboxylic acids is 2. The number of carbonyl (C=O) groups is 3. The smallest absolute Gasteiger partial charge is 0.335 e. The van der Waals surface area contributed by atoms with Gasteiger partial charge in [0.05, 0.1) is 22.5 Å². The Hall–Kier alpha value is -4.20. The quantitative estimate of drug-likeness (QED) is 0.635. The molecule has 0 atom stereocenters. The van der Waals surface area contributed by atoms with Crippen LogP contribution in [-0.2, 0) is 16.1 Å². The van der Waals surface area contributed by atoms with Gasteiger partial charge in [-0.2, -0.15) is 10.1 Å². The Kier molecular flexibility index (Phi) is 4.67. The van der Waals surface area contributed by atoms with Crippen molar-refractivity contribution in [3.05, 3.63) is 71.4 Å². The molecule has 1 aliphatic heterocycles. The van der Waals surface area contributed by atoms with Crippen molar-refractivity contribution in [3.8, 4) is 0 Å². The summed E-state index contributed by atoms with van der Waals surface area (Å²) in [7, 11) is 0. The van der Waals surface area contributed by atoms with Gasteiger partial charge in [-0.25, -0.2) is 4.79 Å². The van der Waals surface area contributed by atoms with Crippen LogP contribution in [-0.4, -0.2) is 38.3 Å². The number of para-hydroxylation sites is 1. The van der Waals surface area contributed by atoms with Crippen LogP contribution < -0.4 is 5.01 Å². The Morgan fingerprint density at radius 1 is 1.10 bits per heavy atom. The number of fused-ring (bicyclic) bond motifs is 1. The lowest BCUT2D eigenvalue weighted by Gasteiger charge is -2.12. The van der Waals surface area contributed by atoms with E-state index in [1.54, 1.807) is 35.9 Å². The van der Waals surface area contributed by atoms with E-state index in [1.165, 1.54) is 17.1 Å². The summed E-state index contributed by atoms with van der Waals surface area (Å²) < 4.78 is 1.62. The Labute approximate surface area is 171 Å². The first-order chi connectivity index (χ1) is 14.3. The van der Waals surface area contributed by atoms with Crippen molar-refractivity contribution < 1.29 is 24.6 Å². The lowest BCUT2D eigenvalue weighted by molar-refractivity contribution is -0.137. The third-order valence-electron chi connectivity index (χ3n) is 4.83. The summed E-state index contributed by atoms with van der Waals surface area (Å²) in [6.45, 7) is 1.50. The number of aromatic nitrogens is 1. The van der Waals surface area contributed by atoms with E-state index in [2.05, 4.69) is 5.10 Å². The molecule has 1 aliphatic rings. The highest BCUT2D eigenvalue weighted by atomic mass is 16.4. The molecule has 2 aromatic carbocycles. The molecule has 0 fully saturated rings. The second kappa shape index (κ2) is 7.32. The minimum Gasteiger partial charge on any atom is -0.480 e. The number of hydrazone groups is 1. The lowest BCUT2D eigenvalue weighted by Crippen LogP contribution is -2.21. The molecule has 2 heterocycles. The summed E-state index contributed by atoms with van der Waals surface area (Å²) in [6.07, 6.45) is 3.38. The minimum absolute atomic E-state index is 0.0577. The first kappa shape index (κ1) is 19.1. The number of rotatable bonds is 5. The van der Waals surface area contributed by atoms with Gasteiger partial charge in [-0.15, -0.1) is 0 Å². The number of anilines is 1. The van der Waals surface area contributed by atoms with E-state index < -0.39 is 11.9 Å². The van der Waals surface area contributed by atoms with Crippen molar-refractivity contribution in [2.45, 2.75) is 13.5 Å². The number of hydrogen-bond acceptors (Lipinski definition) is 4. The summed E-state index contributed by atoms with van der Waals surface area (Å²) in [6, 6.07) is 13.3. The Morgan fingerprint density at radius 2 is 1.87 bits per heavy atom. The second-order valence-corrected chi connectivity index (χ2v) is 6.84. The largest absolute Gasteiger partial charge is 0.480 e. The van der Waals surface area contributed by atoms with Gasteiger partial charge in [0.25, 0.3) is 5.91 Å². The van der Waals surface area contributed by atoms with Gasteiger partial charge in [0.2, 0.25) is 0 Å². The van der Waals surface area contributed by atoms with Crippen LogP contribution >= 0.6 is 0 Å². The molecule has 0 saturated carbocycles. The van der Waals surface area contributed by atoms with Crippen molar-refractivity contribution in [1.82, 2.24) is 4.57 Å². The maximum atomic E-state index is 13.0. The van der Waals surface area contributed by atoms with Crippen molar-refractivity contribution in [2.24, 2.45) is 5.10 Å². The van der Waals surface area contributed by atoms with E-state index in [-0.39, 0.29) is 18.0 Å². The predicted molar refractivity (Wildman–Crippen MR) is 112 cm³/mol. The van der Waals surface area contributed by atoms with Crippen molar-refractivity contribution >= 4 is 46.2 Å². The predicted octanol–water partition coefficient (Wildman–Crippen LogP) is 3.23. The molecule has 0 unspecified atom stereocenters. The molecule has 3 aromatic rings. The molecule has 0 spiro atoms. The number of aromatic carboxylic acids is 1. The maximum absolute atomic E-state index is 13.0. The molecule has 1 aromatic heterocycles. The van der Waals surface area contributed by atoms with Crippen LogP contribution in [0.4, 0.5) is 5.69 Å². The molecule has 0 aliphatic carbocycles. The van der Waals surface area contributed by atoms with Crippen LogP contribution in [0.15, 0.2) is 65.4 Å². The van der Waals surface area contributed by atoms with Gasteiger partial charge in [-0.05, 0) is 37.3 Å². The van der Waals surface area contributed by atoms with Crippen LogP contribution in [0.3, 0.4) is 0 Å². The molecule has 1 amide bonds. The molecular weight excluding hydrogens is 386 g/mol. The molecule has 150 valence electrons. The lowest BCUT2D eigenvalue weighted by atomic mass is 10.1. The monoisotopic (exact) mass is 403 g/mol. The molecule has 0 saturated heterocycles. The van der Waals surface area contributed by atoms with Crippen LogP contribution in [0, 0.1) is 0 Å². The summed E-state index contributed by atoms with van der Waals surface area (Å²) in [5, 5.41) is 24.6. The number of benzene rings is 2. The molecule has 4 rings (SSSR count). The fourth-order valence-corrected chi connectivity index (χ4v) is 3.45. The van der Waals surface area contributed by atoms with Crippen molar-refractivity contribution in [1.29, 1.82) is 0 Å². The Balaban J connectivity index is 1.75. The zero-order chi connectivity index (χ0) is 21.4. The number of aliphatic carboxylic acids is 1. The molecule has 0 bridgehead atoms. The fraction of sp³-hybridized carbons (Fsp3) is 0.0909. The van der Waals surface area contributed by atoms with E-state index in [9.17, 15) is 19.5 Å². The van der Waals surface area contributed by atoms with E-state index in [4.69, 9.17) is 5.11 Å². The van der Waals surface area contributed by atoms with Gasteiger partial charge >= 0.3 is 11.9 Å².